The minimum Gasteiger partial charge on any atom is -0.486 e. The van der Waals surface area contributed by atoms with Crippen LogP contribution in [0.15, 0.2) is 36.4 Å². The Labute approximate surface area is 153 Å². The first-order valence-corrected chi connectivity index (χ1v) is 8.17. The van der Waals surface area contributed by atoms with Gasteiger partial charge in [-0.2, -0.15) is 0 Å². The Morgan fingerprint density at radius 1 is 1.20 bits per heavy atom. The molecule has 0 unspecified atom stereocenters. The van der Waals surface area contributed by atoms with E-state index in [1.807, 2.05) is 0 Å². The van der Waals surface area contributed by atoms with E-state index in [9.17, 15) is 9.18 Å². The summed E-state index contributed by atoms with van der Waals surface area (Å²) in [5.74, 6) is -0.156. The van der Waals surface area contributed by atoms with Gasteiger partial charge in [-0.15, -0.1) is 0 Å². The van der Waals surface area contributed by atoms with Crippen molar-refractivity contribution in [1.29, 1.82) is 0 Å². The van der Waals surface area contributed by atoms with E-state index in [0.717, 1.165) is 6.08 Å². The maximum atomic E-state index is 13.6. The molecule has 0 saturated carbocycles. The maximum absolute atomic E-state index is 13.6. The Morgan fingerprint density at radius 3 is 2.80 bits per heavy atom. The van der Waals surface area contributed by atoms with Crippen molar-refractivity contribution >= 4 is 35.2 Å². The quantitative estimate of drug-likeness (QED) is 0.569. The van der Waals surface area contributed by atoms with Crippen LogP contribution >= 0.6 is 23.2 Å². The van der Waals surface area contributed by atoms with Gasteiger partial charge in [0, 0.05) is 11.6 Å². The number of hydrogen-bond donors (Lipinski definition) is 0. The Bertz CT molecular complexity index is 816. The number of carbonyl (C=O) groups is 1. The van der Waals surface area contributed by atoms with E-state index in [1.165, 1.54) is 24.3 Å². The minimum absolute atomic E-state index is 0.00939. The number of carbonyl (C=O) groups excluding carboxylic acids is 1. The number of benzene rings is 2. The Hall–Kier alpha value is -2.24. The van der Waals surface area contributed by atoms with E-state index in [4.69, 9.17) is 37.4 Å². The zero-order valence-corrected chi connectivity index (χ0v) is 14.4. The van der Waals surface area contributed by atoms with Gasteiger partial charge in [0.05, 0.1) is 10.0 Å². The molecule has 3 rings (SSSR count). The molecular formula is C18H13Cl2FO4. The molecule has 4 nitrogen and oxygen atoms in total. The molecule has 0 aliphatic carbocycles. The number of ether oxygens (including phenoxy) is 3. The lowest BCUT2D eigenvalue weighted by Gasteiger charge is -2.20. The monoisotopic (exact) mass is 382 g/mol. The average Bonchev–Trinajstić information content (AvgIpc) is 2.59. The van der Waals surface area contributed by atoms with Gasteiger partial charge in [-0.3, -0.25) is 0 Å². The number of rotatable bonds is 4. The van der Waals surface area contributed by atoms with Crippen molar-refractivity contribution in [2.75, 3.05) is 13.2 Å². The van der Waals surface area contributed by atoms with E-state index in [-0.39, 0.29) is 17.2 Å². The van der Waals surface area contributed by atoms with Crippen molar-refractivity contribution in [2.45, 2.75) is 6.61 Å². The van der Waals surface area contributed by atoms with Crippen molar-refractivity contribution in [2.24, 2.45) is 0 Å². The lowest BCUT2D eigenvalue weighted by Crippen LogP contribution is -2.16. The molecule has 0 N–H and O–H groups in total. The molecule has 0 saturated heterocycles. The standard InChI is InChI=1S/C18H13Cl2FO4/c19-13-2-1-3-15(21)12(13)4-5-17(22)25-10-11-8-14(20)18-16(9-11)23-6-7-24-18/h1-5,8-9H,6-7,10H2/b5-4+. The van der Waals surface area contributed by atoms with Gasteiger partial charge in [0.2, 0.25) is 0 Å². The van der Waals surface area contributed by atoms with Crippen molar-refractivity contribution in [1.82, 2.24) is 0 Å². The number of halogens is 3. The summed E-state index contributed by atoms with van der Waals surface area (Å²) in [4.78, 5) is 11.8. The van der Waals surface area contributed by atoms with E-state index < -0.39 is 11.8 Å². The molecule has 0 radical (unpaired) electrons. The van der Waals surface area contributed by atoms with E-state index in [1.54, 1.807) is 12.1 Å². The topological polar surface area (TPSA) is 44.8 Å². The molecule has 0 atom stereocenters. The lowest BCUT2D eigenvalue weighted by molar-refractivity contribution is -0.138. The second-order valence-corrected chi connectivity index (χ2v) is 5.99. The lowest BCUT2D eigenvalue weighted by atomic mass is 10.2. The highest BCUT2D eigenvalue weighted by molar-refractivity contribution is 6.32. The summed E-state index contributed by atoms with van der Waals surface area (Å²) in [5, 5.41) is 0.597. The van der Waals surface area contributed by atoms with Gasteiger partial charge in [0.1, 0.15) is 25.6 Å². The second-order valence-electron chi connectivity index (χ2n) is 5.18. The highest BCUT2D eigenvalue weighted by Gasteiger charge is 2.17. The van der Waals surface area contributed by atoms with Crippen molar-refractivity contribution in [3.05, 3.63) is 63.4 Å². The molecule has 130 valence electrons. The Balaban J connectivity index is 1.65. The molecule has 0 bridgehead atoms. The van der Waals surface area contributed by atoms with Crippen LogP contribution in [0.5, 0.6) is 11.5 Å². The summed E-state index contributed by atoms with van der Waals surface area (Å²) in [5.41, 5.74) is 0.781. The number of hydrogen-bond acceptors (Lipinski definition) is 4. The minimum atomic E-state index is -0.634. The zero-order chi connectivity index (χ0) is 17.8. The van der Waals surface area contributed by atoms with Crippen LogP contribution in [0, 0.1) is 5.82 Å². The normalized spacial score (nSPS) is 13.1. The van der Waals surface area contributed by atoms with Crippen LogP contribution in [-0.2, 0) is 16.1 Å². The van der Waals surface area contributed by atoms with Crippen LogP contribution in [0.4, 0.5) is 4.39 Å². The second kappa shape index (κ2) is 7.76. The molecule has 0 spiro atoms. The van der Waals surface area contributed by atoms with Crippen LogP contribution in [0.2, 0.25) is 10.0 Å². The van der Waals surface area contributed by atoms with Crippen molar-refractivity contribution in [3.63, 3.8) is 0 Å². The van der Waals surface area contributed by atoms with Crippen molar-refractivity contribution in [3.8, 4) is 11.5 Å². The van der Waals surface area contributed by atoms with Crippen LogP contribution in [-0.4, -0.2) is 19.2 Å². The molecule has 1 aliphatic rings. The molecule has 1 aliphatic heterocycles. The fourth-order valence-electron chi connectivity index (χ4n) is 2.27. The number of fused-ring (bicyclic) bond motifs is 1. The van der Waals surface area contributed by atoms with Gasteiger partial charge in [0.15, 0.2) is 11.5 Å². The van der Waals surface area contributed by atoms with Crippen LogP contribution in [0.3, 0.4) is 0 Å². The molecule has 7 heteroatoms. The summed E-state index contributed by atoms with van der Waals surface area (Å²) < 4.78 is 29.6. The fourth-order valence-corrected chi connectivity index (χ4v) is 2.79. The van der Waals surface area contributed by atoms with Gasteiger partial charge >= 0.3 is 5.97 Å². The zero-order valence-electron chi connectivity index (χ0n) is 12.9. The summed E-state index contributed by atoms with van der Waals surface area (Å²) in [6.45, 7) is 0.855. The van der Waals surface area contributed by atoms with Gasteiger partial charge in [0.25, 0.3) is 0 Å². The average molecular weight is 383 g/mol. The highest BCUT2D eigenvalue weighted by atomic mass is 35.5. The highest BCUT2D eigenvalue weighted by Crippen LogP contribution is 2.38. The molecule has 25 heavy (non-hydrogen) atoms. The van der Waals surface area contributed by atoms with Gasteiger partial charge in [-0.1, -0.05) is 29.3 Å². The van der Waals surface area contributed by atoms with Crippen LogP contribution < -0.4 is 9.47 Å². The van der Waals surface area contributed by atoms with Crippen LogP contribution in [0.1, 0.15) is 11.1 Å². The maximum Gasteiger partial charge on any atom is 0.331 e. The predicted octanol–water partition coefficient (Wildman–Crippen LogP) is 4.66. The third-order valence-electron chi connectivity index (χ3n) is 3.42. The predicted molar refractivity (Wildman–Crippen MR) is 92.7 cm³/mol. The first-order chi connectivity index (χ1) is 12.0. The third-order valence-corrected chi connectivity index (χ3v) is 4.03. The first-order valence-electron chi connectivity index (χ1n) is 7.41. The largest absolute Gasteiger partial charge is 0.486 e. The summed E-state index contributed by atoms with van der Waals surface area (Å²) in [6, 6.07) is 7.62. The van der Waals surface area contributed by atoms with Crippen LogP contribution in [0.25, 0.3) is 6.08 Å². The summed E-state index contributed by atoms with van der Waals surface area (Å²) in [6.07, 6.45) is 2.39. The molecule has 2 aromatic rings. The SMILES string of the molecule is O=C(/C=C/c1c(F)cccc1Cl)OCc1cc(Cl)c2c(c1)OCCO2. The molecule has 0 aromatic heterocycles. The molecule has 0 fully saturated rings. The molecule has 0 amide bonds. The van der Waals surface area contributed by atoms with E-state index in [0.29, 0.717) is 35.3 Å². The van der Waals surface area contributed by atoms with E-state index >= 15 is 0 Å². The first kappa shape index (κ1) is 17.6. The molecule has 2 aromatic carbocycles. The summed E-state index contributed by atoms with van der Waals surface area (Å²) in [7, 11) is 0. The Kier molecular flexibility index (Phi) is 5.46. The fraction of sp³-hybridized carbons (Fsp3) is 0.167. The smallest absolute Gasteiger partial charge is 0.331 e. The Morgan fingerprint density at radius 2 is 2.00 bits per heavy atom. The van der Waals surface area contributed by atoms with E-state index in [2.05, 4.69) is 0 Å². The molecule has 1 heterocycles. The third kappa shape index (κ3) is 4.24. The summed E-state index contributed by atoms with van der Waals surface area (Å²) >= 11 is 12.0. The van der Waals surface area contributed by atoms with Gasteiger partial charge in [-0.25, -0.2) is 9.18 Å². The van der Waals surface area contributed by atoms with Gasteiger partial charge in [-0.05, 0) is 35.9 Å². The number of esters is 1. The van der Waals surface area contributed by atoms with Crippen molar-refractivity contribution < 1.29 is 23.4 Å². The van der Waals surface area contributed by atoms with Gasteiger partial charge < -0.3 is 14.2 Å². The molecular weight excluding hydrogens is 370 g/mol.